The average Bonchev–Trinajstić information content (AvgIpc) is 3.22. The van der Waals surface area contributed by atoms with E-state index in [1.54, 1.807) is 12.2 Å². The Balaban J connectivity index is 1.43. The van der Waals surface area contributed by atoms with Crippen LogP contribution in [0.4, 0.5) is 0 Å². The van der Waals surface area contributed by atoms with Crippen molar-refractivity contribution in [2.24, 2.45) is 14.1 Å². The Hall–Kier alpha value is -3.66. The molecule has 0 aliphatic rings. The minimum absolute atomic E-state index is 0.138. The molecule has 0 amide bonds. The lowest BCUT2D eigenvalue weighted by Crippen LogP contribution is -2.02. The Morgan fingerprint density at radius 1 is 0.724 bits per heavy atom. The molecule has 2 heterocycles. The fraction of sp³-hybridized carbons (Fsp3) is 0.120. The van der Waals surface area contributed by atoms with Crippen molar-refractivity contribution in [2.45, 2.75) is 6.42 Å². The number of carbonyl (C=O) groups excluding carboxylic acids is 2. The fourth-order valence-electron chi connectivity index (χ4n) is 3.59. The third-order valence-corrected chi connectivity index (χ3v) is 5.21. The van der Waals surface area contributed by atoms with Crippen molar-refractivity contribution in [3.8, 4) is 0 Å². The van der Waals surface area contributed by atoms with Gasteiger partial charge in [-0.25, -0.2) is 0 Å². The summed E-state index contributed by atoms with van der Waals surface area (Å²) in [5.74, 6) is -0.413. The Morgan fingerprint density at radius 2 is 1.14 bits per heavy atom. The molecule has 0 atom stereocenters. The van der Waals surface area contributed by atoms with E-state index in [-0.39, 0.29) is 18.0 Å². The molecule has 4 rings (SSSR count). The molecule has 0 saturated heterocycles. The third-order valence-electron chi connectivity index (χ3n) is 5.21. The number of ketones is 2. The molecule has 0 bridgehead atoms. The number of aromatic nitrogens is 2. The number of carbonyl (C=O) groups is 2. The van der Waals surface area contributed by atoms with Crippen LogP contribution in [0.1, 0.15) is 17.8 Å². The number of hydrogen-bond acceptors (Lipinski definition) is 2. The number of benzene rings is 2. The number of para-hydroxylation sites is 2. The summed E-state index contributed by atoms with van der Waals surface area (Å²) in [7, 11) is 3.93. The van der Waals surface area contributed by atoms with Crippen molar-refractivity contribution in [1.29, 1.82) is 0 Å². The van der Waals surface area contributed by atoms with Crippen LogP contribution in [0.5, 0.6) is 0 Å². The first-order chi connectivity index (χ1) is 14.0. The summed E-state index contributed by atoms with van der Waals surface area (Å²) in [4.78, 5) is 24.4. The molecular weight excluding hydrogens is 360 g/mol. The highest BCUT2D eigenvalue weighted by Crippen LogP contribution is 2.20. The molecule has 0 unspecified atom stereocenters. The summed E-state index contributed by atoms with van der Waals surface area (Å²) in [5, 5.41) is 2.24. The van der Waals surface area contributed by atoms with Crippen molar-refractivity contribution >= 4 is 45.5 Å². The van der Waals surface area contributed by atoms with E-state index in [2.05, 4.69) is 0 Å². The van der Waals surface area contributed by atoms with E-state index in [0.29, 0.717) is 0 Å². The molecule has 29 heavy (non-hydrogen) atoms. The topological polar surface area (TPSA) is 44.0 Å². The first-order valence-electron chi connectivity index (χ1n) is 9.53. The second-order valence-electron chi connectivity index (χ2n) is 7.15. The van der Waals surface area contributed by atoms with E-state index in [9.17, 15) is 9.59 Å². The second-order valence-corrected chi connectivity index (χ2v) is 7.15. The van der Waals surface area contributed by atoms with Crippen molar-refractivity contribution in [3.63, 3.8) is 0 Å². The Labute approximate surface area is 169 Å². The van der Waals surface area contributed by atoms with Gasteiger partial charge in [0.15, 0.2) is 11.6 Å². The minimum Gasteiger partial charge on any atom is -0.344 e. The van der Waals surface area contributed by atoms with Crippen molar-refractivity contribution in [3.05, 3.63) is 84.2 Å². The second kappa shape index (κ2) is 7.76. The van der Waals surface area contributed by atoms with Gasteiger partial charge in [-0.3, -0.25) is 9.59 Å². The summed E-state index contributed by atoms with van der Waals surface area (Å²) in [6.07, 6.45) is 6.36. The fourth-order valence-corrected chi connectivity index (χ4v) is 3.59. The monoisotopic (exact) mass is 382 g/mol. The first-order valence-corrected chi connectivity index (χ1v) is 9.53. The normalized spacial score (nSPS) is 11.9. The predicted molar refractivity (Wildman–Crippen MR) is 119 cm³/mol. The average molecular weight is 382 g/mol. The SMILES string of the molecule is Cn1c(C=CC(=O)CC(=O)C=Cc2cc3ccccc3n2C)cc2ccccc21. The largest absolute Gasteiger partial charge is 0.344 e. The van der Waals surface area contributed by atoms with Gasteiger partial charge in [0.1, 0.15) is 0 Å². The lowest BCUT2D eigenvalue weighted by Gasteiger charge is -1.99. The zero-order valence-corrected chi connectivity index (χ0v) is 16.5. The Bertz CT molecular complexity index is 1180. The van der Waals surface area contributed by atoms with Gasteiger partial charge in [0.2, 0.25) is 0 Å². The quantitative estimate of drug-likeness (QED) is 0.351. The molecule has 144 valence electrons. The number of nitrogens with zero attached hydrogens (tertiary/aromatic N) is 2. The van der Waals surface area contributed by atoms with Crippen molar-refractivity contribution in [2.75, 3.05) is 0 Å². The molecule has 0 aliphatic heterocycles. The molecule has 0 saturated carbocycles. The minimum atomic E-state index is -0.207. The van der Waals surface area contributed by atoms with Crippen molar-refractivity contribution in [1.82, 2.24) is 9.13 Å². The summed E-state index contributed by atoms with van der Waals surface area (Å²) in [5.41, 5.74) is 4.07. The van der Waals surface area contributed by atoms with Crippen LogP contribution in [0.25, 0.3) is 34.0 Å². The number of hydrogen-bond donors (Lipinski definition) is 0. The molecule has 4 heteroatoms. The maximum absolute atomic E-state index is 12.2. The molecule has 0 spiro atoms. The van der Waals surface area contributed by atoms with Gasteiger partial charge in [-0.05, 0) is 48.6 Å². The smallest absolute Gasteiger partial charge is 0.163 e. The van der Waals surface area contributed by atoms with Crippen LogP contribution in [-0.2, 0) is 23.7 Å². The third kappa shape index (κ3) is 3.83. The van der Waals surface area contributed by atoms with E-state index in [4.69, 9.17) is 0 Å². The highest BCUT2D eigenvalue weighted by Gasteiger charge is 2.07. The predicted octanol–water partition coefficient (Wildman–Crippen LogP) is 4.92. The van der Waals surface area contributed by atoms with E-state index in [0.717, 1.165) is 33.2 Å². The van der Waals surface area contributed by atoms with E-state index in [1.165, 1.54) is 12.2 Å². The van der Waals surface area contributed by atoms with Crippen LogP contribution in [0.15, 0.2) is 72.8 Å². The highest BCUT2D eigenvalue weighted by molar-refractivity contribution is 6.11. The van der Waals surface area contributed by atoms with Crippen LogP contribution in [-0.4, -0.2) is 20.7 Å². The number of fused-ring (bicyclic) bond motifs is 2. The van der Waals surface area contributed by atoms with Gasteiger partial charge in [-0.2, -0.15) is 0 Å². The van der Waals surface area contributed by atoms with Crippen molar-refractivity contribution < 1.29 is 9.59 Å². The van der Waals surface area contributed by atoms with Gasteiger partial charge >= 0.3 is 0 Å². The Kier molecular flexibility index (Phi) is 5.00. The first kappa shape index (κ1) is 18.7. The van der Waals surface area contributed by atoms with Gasteiger partial charge in [0, 0.05) is 47.3 Å². The van der Waals surface area contributed by atoms with Crippen LogP contribution in [0, 0.1) is 0 Å². The maximum atomic E-state index is 12.2. The molecule has 0 fully saturated rings. The number of aryl methyl sites for hydroxylation is 2. The van der Waals surface area contributed by atoms with Crippen LogP contribution in [0.2, 0.25) is 0 Å². The lowest BCUT2D eigenvalue weighted by molar-refractivity contribution is -0.121. The molecule has 4 aromatic rings. The summed E-state index contributed by atoms with van der Waals surface area (Å²) in [6, 6.07) is 20.2. The zero-order valence-electron chi connectivity index (χ0n) is 16.5. The Morgan fingerprint density at radius 3 is 1.55 bits per heavy atom. The maximum Gasteiger partial charge on any atom is 0.163 e. The molecule has 2 aromatic carbocycles. The highest BCUT2D eigenvalue weighted by atomic mass is 16.1. The molecule has 0 aliphatic carbocycles. The summed E-state index contributed by atoms with van der Waals surface area (Å²) in [6.45, 7) is 0. The van der Waals surface area contributed by atoms with Gasteiger partial charge in [-0.15, -0.1) is 0 Å². The molecule has 0 radical (unpaired) electrons. The molecule has 2 aromatic heterocycles. The van der Waals surface area contributed by atoms with Crippen LogP contribution in [0.3, 0.4) is 0 Å². The standard InChI is InChI=1S/C25H22N2O2/c1-26-20(15-18-7-3-5-9-24(18)26)11-13-22(28)17-23(29)14-12-21-16-19-8-4-6-10-25(19)27(21)2/h3-16H,17H2,1-2H3. The molecular formula is C25H22N2O2. The lowest BCUT2D eigenvalue weighted by atomic mass is 10.1. The van der Waals surface area contributed by atoms with E-state index in [1.807, 2.05) is 83.9 Å². The number of rotatable bonds is 6. The summed E-state index contributed by atoms with van der Waals surface area (Å²) < 4.78 is 4.06. The molecule has 4 nitrogen and oxygen atoms in total. The van der Waals surface area contributed by atoms with Gasteiger partial charge < -0.3 is 9.13 Å². The summed E-state index contributed by atoms with van der Waals surface area (Å²) >= 11 is 0. The van der Waals surface area contributed by atoms with Gasteiger partial charge in [-0.1, -0.05) is 36.4 Å². The van der Waals surface area contributed by atoms with E-state index < -0.39 is 0 Å². The van der Waals surface area contributed by atoms with Gasteiger partial charge in [0.05, 0.1) is 6.42 Å². The van der Waals surface area contributed by atoms with Crippen LogP contribution < -0.4 is 0 Å². The molecule has 0 N–H and O–H groups in total. The van der Waals surface area contributed by atoms with E-state index >= 15 is 0 Å². The number of allylic oxidation sites excluding steroid dienone is 2. The van der Waals surface area contributed by atoms with Crippen LogP contribution >= 0.6 is 0 Å². The van der Waals surface area contributed by atoms with Gasteiger partial charge in [0.25, 0.3) is 0 Å². The zero-order chi connectivity index (χ0) is 20.4.